The first kappa shape index (κ1) is 22.1. The Hall–Kier alpha value is -2.08. The summed E-state index contributed by atoms with van der Waals surface area (Å²) in [7, 11) is 0. The van der Waals surface area contributed by atoms with Gasteiger partial charge in [-0.3, -0.25) is 0 Å². The number of esters is 1. The van der Waals surface area contributed by atoms with E-state index in [1.54, 1.807) is 0 Å². The van der Waals surface area contributed by atoms with Gasteiger partial charge in [0.05, 0.1) is 5.56 Å². The van der Waals surface area contributed by atoms with Crippen LogP contribution in [-0.4, -0.2) is 42.7 Å². The van der Waals surface area contributed by atoms with Crippen LogP contribution in [0.4, 0.5) is 11.5 Å². The van der Waals surface area contributed by atoms with E-state index in [9.17, 15) is 4.79 Å². The lowest BCUT2D eigenvalue weighted by Crippen LogP contribution is -2.47. The Morgan fingerprint density at radius 1 is 0.935 bits per heavy atom. The summed E-state index contributed by atoms with van der Waals surface area (Å²) in [4.78, 5) is 21.7. The predicted molar refractivity (Wildman–Crippen MR) is 129 cm³/mol. The second-order valence-corrected chi connectivity index (χ2v) is 10.8. The Bertz CT molecular complexity index is 888. The van der Waals surface area contributed by atoms with E-state index < -0.39 is 5.60 Å². The van der Waals surface area contributed by atoms with Crippen molar-refractivity contribution in [2.45, 2.75) is 52.1 Å². The first-order valence-electron chi connectivity index (χ1n) is 11.2. The summed E-state index contributed by atoms with van der Waals surface area (Å²) in [6.07, 6.45) is 6.80. The number of pyridine rings is 1. The predicted octanol–water partition coefficient (Wildman–Crippen LogP) is 5.69. The quantitative estimate of drug-likeness (QED) is 0.522. The van der Waals surface area contributed by atoms with Gasteiger partial charge in [0.25, 0.3) is 0 Å². The van der Waals surface area contributed by atoms with Crippen molar-refractivity contribution in [2.75, 3.05) is 36.0 Å². The van der Waals surface area contributed by atoms with Gasteiger partial charge in [-0.05, 0) is 104 Å². The number of hydrogen-bond acceptors (Lipinski definition) is 5. The highest BCUT2D eigenvalue weighted by Gasteiger charge is 2.37. The molecule has 0 atom stereocenters. The minimum absolute atomic E-state index is 0.260. The van der Waals surface area contributed by atoms with E-state index >= 15 is 0 Å². The first-order valence-corrected chi connectivity index (χ1v) is 12.0. The van der Waals surface area contributed by atoms with Gasteiger partial charge in [-0.15, -0.1) is 0 Å². The van der Waals surface area contributed by atoms with Crippen LogP contribution in [0.2, 0.25) is 0 Å². The molecule has 0 radical (unpaired) electrons. The van der Waals surface area contributed by atoms with E-state index in [2.05, 4.69) is 55.0 Å². The summed E-state index contributed by atoms with van der Waals surface area (Å²) in [6.45, 7) is 9.98. The number of benzene rings is 1. The van der Waals surface area contributed by atoms with Gasteiger partial charge in [0.15, 0.2) is 0 Å². The number of piperidine rings is 2. The smallest absolute Gasteiger partial charge is 0.338 e. The molecule has 2 saturated heterocycles. The Morgan fingerprint density at radius 3 is 2.03 bits per heavy atom. The molecule has 2 fully saturated rings. The zero-order valence-electron chi connectivity index (χ0n) is 18.7. The highest BCUT2D eigenvalue weighted by Crippen LogP contribution is 2.42. The molecule has 1 aromatic heterocycles. The van der Waals surface area contributed by atoms with Gasteiger partial charge in [0, 0.05) is 42.5 Å². The molecule has 0 N–H and O–H groups in total. The molecule has 1 spiro atoms. The maximum atomic E-state index is 12.2. The van der Waals surface area contributed by atoms with Crippen molar-refractivity contribution in [1.29, 1.82) is 0 Å². The number of halogens is 1. The van der Waals surface area contributed by atoms with Gasteiger partial charge in [0.1, 0.15) is 11.4 Å². The van der Waals surface area contributed by atoms with Crippen molar-refractivity contribution in [2.24, 2.45) is 5.41 Å². The van der Waals surface area contributed by atoms with Crippen LogP contribution < -0.4 is 9.80 Å². The SMILES string of the molecule is CC(C)(C)OC(=O)c1ccc(N2CCC3(CC2)CCN(c2ccc(Br)cn2)CC3)cc1. The number of ether oxygens (including phenoxy) is 1. The molecule has 5 nitrogen and oxygen atoms in total. The maximum Gasteiger partial charge on any atom is 0.338 e. The van der Waals surface area contributed by atoms with Gasteiger partial charge in [0.2, 0.25) is 0 Å². The molecule has 166 valence electrons. The summed E-state index contributed by atoms with van der Waals surface area (Å²) in [5.74, 6) is 0.823. The van der Waals surface area contributed by atoms with Crippen LogP contribution in [0.1, 0.15) is 56.8 Å². The van der Waals surface area contributed by atoms with Crippen LogP contribution in [0.3, 0.4) is 0 Å². The Kier molecular flexibility index (Phi) is 6.29. The number of anilines is 2. The normalized spacial score (nSPS) is 18.8. The van der Waals surface area contributed by atoms with Crippen molar-refractivity contribution >= 4 is 33.4 Å². The summed E-state index contributed by atoms with van der Waals surface area (Å²) in [5.41, 5.74) is 1.79. The lowest BCUT2D eigenvalue weighted by Gasteiger charge is -2.47. The molecule has 2 aliphatic heterocycles. The summed E-state index contributed by atoms with van der Waals surface area (Å²) >= 11 is 3.47. The number of carbonyl (C=O) groups excluding carboxylic acids is 1. The molecule has 4 rings (SSSR count). The summed E-state index contributed by atoms with van der Waals surface area (Å²) in [6, 6.07) is 12.1. The number of rotatable bonds is 3. The molecule has 2 aliphatic rings. The number of carbonyl (C=O) groups is 1. The van der Waals surface area contributed by atoms with Crippen molar-refractivity contribution in [3.63, 3.8) is 0 Å². The molecular formula is C25H32BrN3O2. The third-order valence-electron chi connectivity index (χ3n) is 6.55. The van der Waals surface area contributed by atoms with Crippen LogP contribution in [0.25, 0.3) is 0 Å². The molecule has 0 saturated carbocycles. The topological polar surface area (TPSA) is 45.7 Å². The van der Waals surface area contributed by atoms with Crippen molar-refractivity contribution in [1.82, 2.24) is 4.98 Å². The monoisotopic (exact) mass is 485 g/mol. The molecule has 2 aromatic rings. The first-order chi connectivity index (χ1) is 14.7. The van der Waals surface area contributed by atoms with E-state index in [1.165, 1.54) is 31.4 Å². The minimum atomic E-state index is -0.472. The number of hydrogen-bond donors (Lipinski definition) is 0. The fraction of sp³-hybridized carbons (Fsp3) is 0.520. The lowest BCUT2D eigenvalue weighted by molar-refractivity contribution is 0.00695. The van der Waals surface area contributed by atoms with E-state index in [0.29, 0.717) is 11.0 Å². The van der Waals surface area contributed by atoms with Crippen LogP contribution in [0.15, 0.2) is 47.1 Å². The minimum Gasteiger partial charge on any atom is -0.456 e. The third-order valence-corrected chi connectivity index (χ3v) is 7.02. The van der Waals surface area contributed by atoms with Gasteiger partial charge < -0.3 is 14.5 Å². The highest BCUT2D eigenvalue weighted by molar-refractivity contribution is 9.10. The van der Waals surface area contributed by atoms with E-state index in [0.717, 1.165) is 36.5 Å². The average molecular weight is 486 g/mol. The highest BCUT2D eigenvalue weighted by atomic mass is 79.9. The lowest BCUT2D eigenvalue weighted by atomic mass is 9.71. The molecule has 1 aromatic carbocycles. The summed E-state index contributed by atoms with van der Waals surface area (Å²) < 4.78 is 6.49. The molecular weight excluding hydrogens is 454 g/mol. The van der Waals surface area contributed by atoms with Crippen LogP contribution in [-0.2, 0) is 4.74 Å². The zero-order valence-corrected chi connectivity index (χ0v) is 20.3. The standard InChI is InChI=1S/C25H32BrN3O2/c1-24(2,3)31-23(30)19-4-7-21(8-5-19)28-14-10-25(11-15-28)12-16-29(17-13-25)22-9-6-20(26)18-27-22/h4-9,18H,10-17H2,1-3H3. The van der Waals surface area contributed by atoms with Gasteiger partial charge in [-0.25, -0.2) is 9.78 Å². The third kappa shape index (κ3) is 5.40. The average Bonchev–Trinajstić information content (AvgIpc) is 2.75. The maximum absolute atomic E-state index is 12.2. The molecule has 3 heterocycles. The van der Waals surface area contributed by atoms with Crippen LogP contribution in [0.5, 0.6) is 0 Å². The zero-order chi connectivity index (χ0) is 22.1. The Labute approximate surface area is 193 Å². The Balaban J connectivity index is 1.31. The summed E-state index contributed by atoms with van der Waals surface area (Å²) in [5, 5.41) is 0. The van der Waals surface area contributed by atoms with Crippen LogP contribution >= 0.6 is 15.9 Å². The second-order valence-electron chi connectivity index (χ2n) is 9.86. The molecule has 31 heavy (non-hydrogen) atoms. The van der Waals surface area contributed by atoms with E-state index in [1.807, 2.05) is 39.1 Å². The number of aromatic nitrogens is 1. The molecule has 0 amide bonds. The van der Waals surface area contributed by atoms with Crippen molar-refractivity contribution in [3.8, 4) is 0 Å². The van der Waals surface area contributed by atoms with Gasteiger partial charge in [-0.1, -0.05) is 0 Å². The Morgan fingerprint density at radius 2 is 1.52 bits per heavy atom. The second kappa shape index (κ2) is 8.81. The van der Waals surface area contributed by atoms with E-state index in [-0.39, 0.29) is 5.97 Å². The van der Waals surface area contributed by atoms with Gasteiger partial charge >= 0.3 is 5.97 Å². The number of nitrogens with zero attached hydrogens (tertiary/aromatic N) is 3. The largest absolute Gasteiger partial charge is 0.456 e. The fourth-order valence-electron chi connectivity index (χ4n) is 4.65. The van der Waals surface area contributed by atoms with Crippen molar-refractivity contribution in [3.05, 3.63) is 52.6 Å². The molecule has 0 unspecified atom stereocenters. The fourth-order valence-corrected chi connectivity index (χ4v) is 4.88. The van der Waals surface area contributed by atoms with E-state index in [4.69, 9.17) is 4.74 Å². The molecule has 0 aliphatic carbocycles. The van der Waals surface area contributed by atoms with Crippen molar-refractivity contribution < 1.29 is 9.53 Å². The van der Waals surface area contributed by atoms with Crippen LogP contribution in [0, 0.1) is 5.41 Å². The van der Waals surface area contributed by atoms with Gasteiger partial charge in [-0.2, -0.15) is 0 Å². The molecule has 0 bridgehead atoms. The molecule has 6 heteroatoms.